The number of Topliss-reactive ketones (excluding diaryl/α,β-unsaturated/α-hetero) is 1. The van der Waals surface area contributed by atoms with Crippen molar-refractivity contribution in [2.75, 3.05) is 31.1 Å². The molecule has 2 aromatic rings. The van der Waals surface area contributed by atoms with Gasteiger partial charge < -0.3 is 24.7 Å². The van der Waals surface area contributed by atoms with Crippen LogP contribution < -0.4 is 9.64 Å². The number of carboxylic acid groups (broad SMARTS) is 1. The monoisotopic (exact) mass is 530 g/mol. The molecule has 5 rings (SSSR count). The fourth-order valence-electron chi connectivity index (χ4n) is 4.44. The summed E-state index contributed by atoms with van der Waals surface area (Å²) in [6.45, 7) is 1.01. The second-order valence-electron chi connectivity index (χ2n) is 8.90. The molecule has 180 valence electrons. The molecule has 1 aromatic carbocycles. The van der Waals surface area contributed by atoms with Gasteiger partial charge in [0.05, 0.1) is 18.3 Å². The summed E-state index contributed by atoms with van der Waals surface area (Å²) in [5, 5.41) is 27.4. The van der Waals surface area contributed by atoms with E-state index in [9.17, 15) is 14.7 Å². The number of amidine groups is 1. The van der Waals surface area contributed by atoms with Crippen molar-refractivity contribution in [3.8, 4) is 5.75 Å². The molecule has 9 nitrogen and oxygen atoms in total. The number of aromatic nitrogens is 1. The molecule has 1 unspecified atom stereocenters. The average molecular weight is 531 g/mol. The molecule has 0 spiro atoms. The van der Waals surface area contributed by atoms with Crippen molar-refractivity contribution in [3.63, 3.8) is 0 Å². The lowest BCUT2D eigenvalue weighted by molar-refractivity contribution is -0.139. The number of ketones is 1. The fraction of sp³-hybridized carbons (Fsp3) is 0.417. The summed E-state index contributed by atoms with van der Waals surface area (Å²) < 4.78 is 5.42. The van der Waals surface area contributed by atoms with Gasteiger partial charge in [-0.05, 0) is 43.5 Å². The number of hydrogen-bond acceptors (Lipinski definition) is 7. The summed E-state index contributed by atoms with van der Waals surface area (Å²) in [6, 6.07) is 8.95. The van der Waals surface area contributed by atoms with Gasteiger partial charge in [0.1, 0.15) is 17.3 Å². The normalized spacial score (nSPS) is 19.1. The molecule has 2 fully saturated rings. The van der Waals surface area contributed by atoms with Gasteiger partial charge in [-0.25, -0.2) is 9.78 Å². The Kier molecular flexibility index (Phi) is 6.90. The maximum atomic E-state index is 13.1. The number of carbonyl (C=O) groups excluding carboxylic acids is 1. The van der Waals surface area contributed by atoms with Crippen LogP contribution in [0.1, 0.15) is 52.5 Å². The van der Waals surface area contributed by atoms with Gasteiger partial charge in [-0.15, -0.1) is 17.0 Å². The lowest BCUT2D eigenvalue weighted by atomic mass is 10.1. The Labute approximate surface area is 207 Å². The number of carboxylic acids is 1. The fourth-order valence-corrected chi connectivity index (χ4v) is 4.44. The van der Waals surface area contributed by atoms with Gasteiger partial charge in [-0.3, -0.25) is 10.2 Å². The number of nitrogens with zero attached hydrogens (tertiary/aromatic N) is 3. The predicted octanol–water partition coefficient (Wildman–Crippen LogP) is 2.60. The highest BCUT2D eigenvalue weighted by Crippen LogP contribution is 2.40. The number of fused-ring (bicyclic) bond motifs is 1. The maximum Gasteiger partial charge on any atom is 0.341 e. The van der Waals surface area contributed by atoms with Crippen LogP contribution in [0, 0.1) is 5.41 Å². The average Bonchev–Trinajstić information content (AvgIpc) is 3.49. The molecule has 0 amide bonds. The zero-order valence-electron chi connectivity index (χ0n) is 18.6. The molecule has 3 N–H and O–H groups in total. The third-order valence-corrected chi connectivity index (χ3v) is 6.37. The number of nitrogens with one attached hydrogen (secondary N) is 1. The topological polar surface area (TPSA) is 127 Å². The van der Waals surface area contributed by atoms with Crippen LogP contribution in [0.4, 0.5) is 5.69 Å². The number of aliphatic carboxylic acids is 1. The summed E-state index contributed by atoms with van der Waals surface area (Å²) in [7, 11) is 0. The smallest absolute Gasteiger partial charge is 0.341 e. The Bertz CT molecular complexity index is 1140. The molecule has 10 heteroatoms. The van der Waals surface area contributed by atoms with Crippen molar-refractivity contribution in [1.82, 2.24) is 9.88 Å². The lowest BCUT2D eigenvalue weighted by Crippen LogP contribution is -2.30. The Morgan fingerprint density at radius 2 is 1.97 bits per heavy atom. The zero-order chi connectivity index (χ0) is 23.1. The number of carbonyl (C=O) groups is 2. The SMILES string of the molecule is Br.N=C1c2nc(C3CC3)ccc2CN1CC(=O)c1ccc(OCC(=O)O)c(N2CCC(O)C2)c1. The molecule has 3 aliphatic rings. The standard InChI is InChI=1S/C24H26N4O5.BrH/c25-24-23-16(3-5-18(26-23)14-1-2-14)10-28(24)12-20(30)15-4-6-21(33-13-22(31)32)19(9-15)27-8-7-17(29)11-27;/h3-6,9,14,17,25,29H,1-2,7-8,10-13H2,(H,31,32);1H. The minimum Gasteiger partial charge on any atom is -0.480 e. The molecule has 1 atom stereocenters. The Morgan fingerprint density at radius 1 is 1.18 bits per heavy atom. The van der Waals surface area contributed by atoms with E-state index in [2.05, 4.69) is 4.98 Å². The molecule has 1 saturated heterocycles. The van der Waals surface area contributed by atoms with E-state index in [1.165, 1.54) is 0 Å². The molecule has 2 aliphatic heterocycles. The molecule has 1 saturated carbocycles. The number of halogens is 1. The highest BCUT2D eigenvalue weighted by atomic mass is 79.9. The van der Waals surface area contributed by atoms with Gasteiger partial charge in [0.25, 0.3) is 0 Å². The number of ether oxygens (including phenoxy) is 1. The summed E-state index contributed by atoms with van der Waals surface area (Å²) in [6.07, 6.45) is 2.40. The number of aliphatic hydroxyl groups is 1. The first-order valence-corrected chi connectivity index (χ1v) is 11.2. The van der Waals surface area contributed by atoms with E-state index < -0.39 is 18.7 Å². The zero-order valence-corrected chi connectivity index (χ0v) is 20.3. The van der Waals surface area contributed by atoms with Crippen molar-refractivity contribution in [2.45, 2.75) is 37.8 Å². The summed E-state index contributed by atoms with van der Waals surface area (Å²) in [5.41, 5.74) is 3.69. The molecular formula is C24H27BrN4O5. The van der Waals surface area contributed by atoms with E-state index >= 15 is 0 Å². The van der Waals surface area contributed by atoms with Crippen LogP contribution in [-0.2, 0) is 11.3 Å². The molecule has 1 aromatic heterocycles. The minimum atomic E-state index is -1.09. The van der Waals surface area contributed by atoms with Gasteiger partial charge in [0.15, 0.2) is 12.4 Å². The highest BCUT2D eigenvalue weighted by Gasteiger charge is 2.31. The van der Waals surface area contributed by atoms with Crippen molar-refractivity contribution in [1.29, 1.82) is 5.41 Å². The third kappa shape index (κ3) is 4.92. The molecule has 1 aliphatic carbocycles. The van der Waals surface area contributed by atoms with Crippen LogP contribution in [-0.4, -0.2) is 70.0 Å². The number of rotatable bonds is 8. The van der Waals surface area contributed by atoms with Crippen molar-refractivity contribution in [2.24, 2.45) is 0 Å². The first-order valence-electron chi connectivity index (χ1n) is 11.2. The number of benzene rings is 1. The van der Waals surface area contributed by atoms with E-state index in [1.807, 2.05) is 17.0 Å². The van der Waals surface area contributed by atoms with Crippen LogP contribution in [0.15, 0.2) is 30.3 Å². The lowest BCUT2D eigenvalue weighted by Gasteiger charge is -2.22. The maximum absolute atomic E-state index is 13.1. The van der Waals surface area contributed by atoms with Crippen LogP contribution in [0.2, 0.25) is 0 Å². The Morgan fingerprint density at radius 3 is 2.65 bits per heavy atom. The second kappa shape index (κ2) is 9.71. The van der Waals surface area contributed by atoms with Crippen LogP contribution in [0.5, 0.6) is 5.75 Å². The summed E-state index contributed by atoms with van der Waals surface area (Å²) in [5.74, 6) is -0.108. The van der Waals surface area contributed by atoms with E-state index in [4.69, 9.17) is 15.3 Å². The summed E-state index contributed by atoms with van der Waals surface area (Å²) in [4.78, 5) is 32.4. The predicted molar refractivity (Wildman–Crippen MR) is 131 cm³/mol. The molecule has 3 heterocycles. The van der Waals surface area contributed by atoms with Gasteiger partial charge in [0.2, 0.25) is 0 Å². The highest BCUT2D eigenvalue weighted by molar-refractivity contribution is 8.93. The van der Waals surface area contributed by atoms with Crippen molar-refractivity contribution in [3.05, 3.63) is 52.8 Å². The molecule has 34 heavy (non-hydrogen) atoms. The quantitative estimate of drug-likeness (QED) is 0.444. The Hall–Kier alpha value is -2.98. The summed E-state index contributed by atoms with van der Waals surface area (Å²) >= 11 is 0. The van der Waals surface area contributed by atoms with Gasteiger partial charge in [-0.1, -0.05) is 6.07 Å². The largest absolute Gasteiger partial charge is 0.480 e. The van der Waals surface area contributed by atoms with Crippen molar-refractivity contribution < 1.29 is 24.5 Å². The van der Waals surface area contributed by atoms with E-state index in [1.54, 1.807) is 23.1 Å². The number of hydrogen-bond donors (Lipinski definition) is 3. The Balaban J connectivity index is 0.00000274. The van der Waals surface area contributed by atoms with Crippen LogP contribution >= 0.6 is 17.0 Å². The van der Waals surface area contributed by atoms with Gasteiger partial charge >= 0.3 is 5.97 Å². The van der Waals surface area contributed by atoms with E-state index in [0.717, 1.165) is 24.1 Å². The van der Waals surface area contributed by atoms with Gasteiger partial charge in [-0.2, -0.15) is 0 Å². The minimum absolute atomic E-state index is 0. The van der Waals surface area contributed by atoms with E-state index in [0.29, 0.717) is 54.7 Å². The number of β-amino-alcohol motifs (C(OH)–C–C–N with tert-alkyl or cyclic N) is 1. The number of pyridine rings is 1. The number of anilines is 1. The second-order valence-corrected chi connectivity index (χ2v) is 8.90. The first-order chi connectivity index (χ1) is 15.9. The van der Waals surface area contributed by atoms with E-state index in [-0.39, 0.29) is 35.1 Å². The van der Waals surface area contributed by atoms with Gasteiger partial charge in [0, 0.05) is 42.4 Å². The molecular weight excluding hydrogens is 504 g/mol. The number of aliphatic hydroxyl groups excluding tert-OH is 1. The van der Waals surface area contributed by atoms with Crippen LogP contribution in [0.3, 0.4) is 0 Å². The first kappa shape index (κ1) is 24.2. The van der Waals surface area contributed by atoms with Crippen molar-refractivity contribution >= 4 is 40.3 Å². The molecule has 0 radical (unpaired) electrons. The van der Waals surface area contributed by atoms with Crippen LogP contribution in [0.25, 0.3) is 0 Å². The molecule has 0 bridgehead atoms. The third-order valence-electron chi connectivity index (χ3n) is 6.37.